The van der Waals surface area contributed by atoms with E-state index in [0.717, 1.165) is 28.0 Å². The van der Waals surface area contributed by atoms with E-state index in [1.165, 1.54) is 6.92 Å². The molecule has 2 aromatic heterocycles. The van der Waals surface area contributed by atoms with Crippen molar-refractivity contribution in [1.82, 2.24) is 25.5 Å². The fraction of sp³-hybridized carbons (Fsp3) is 0.308. The van der Waals surface area contributed by atoms with Crippen LogP contribution in [0, 0.1) is 0 Å². The summed E-state index contributed by atoms with van der Waals surface area (Å²) < 4.78 is 31.3. The summed E-state index contributed by atoms with van der Waals surface area (Å²) in [5, 5.41) is 11.4. The van der Waals surface area contributed by atoms with E-state index in [2.05, 4.69) is 25.5 Å². The summed E-state index contributed by atoms with van der Waals surface area (Å²) in [6.07, 6.45) is 1.52. The molecule has 2 heterocycles. The van der Waals surface area contributed by atoms with Crippen molar-refractivity contribution in [2.24, 2.45) is 0 Å². The number of nitrogens with two attached hydrogens (primary N) is 1. The molecular weight excluding hydrogens is 479 g/mol. The van der Waals surface area contributed by atoms with Crippen molar-refractivity contribution < 1.29 is 13.4 Å². The van der Waals surface area contributed by atoms with E-state index >= 15 is 0 Å². The highest BCUT2D eigenvalue weighted by Crippen LogP contribution is 2.29. The zero-order chi connectivity index (χ0) is 25.7. The molecule has 4 aromatic rings. The van der Waals surface area contributed by atoms with Gasteiger partial charge in [0.2, 0.25) is 5.89 Å². The Morgan fingerprint density at radius 3 is 2.36 bits per heavy atom. The van der Waals surface area contributed by atoms with Gasteiger partial charge in [0.05, 0.1) is 11.9 Å². The van der Waals surface area contributed by atoms with Crippen LogP contribution >= 0.6 is 0 Å². The maximum absolute atomic E-state index is 12.9. The van der Waals surface area contributed by atoms with Crippen molar-refractivity contribution >= 4 is 17.0 Å². The van der Waals surface area contributed by atoms with Gasteiger partial charge >= 0.3 is 0 Å². The van der Waals surface area contributed by atoms with Gasteiger partial charge in [0.25, 0.3) is 5.89 Å². The number of benzene rings is 2. The Labute approximate surface area is 212 Å². The smallest absolute Gasteiger partial charge is 0.270 e. The topological polar surface area (TPSA) is 126 Å². The number of anilines is 1. The quantitative estimate of drug-likeness (QED) is 0.293. The summed E-state index contributed by atoms with van der Waals surface area (Å²) in [5.74, 6) is 0.659. The minimum absolute atomic E-state index is 0.0866. The van der Waals surface area contributed by atoms with Gasteiger partial charge in [-0.05, 0) is 73.4 Å². The van der Waals surface area contributed by atoms with Crippen LogP contribution in [0.3, 0.4) is 0 Å². The number of hydrogen-bond donors (Lipinski definition) is 2. The van der Waals surface area contributed by atoms with Crippen LogP contribution in [0.1, 0.15) is 32.8 Å². The minimum Gasteiger partial charge on any atom is -0.611 e. The molecule has 0 aliphatic carbocycles. The first-order valence-corrected chi connectivity index (χ1v) is 13.0. The van der Waals surface area contributed by atoms with Crippen molar-refractivity contribution in [3.63, 3.8) is 0 Å². The third-order valence-electron chi connectivity index (χ3n) is 5.71. The lowest BCUT2D eigenvalue weighted by atomic mass is 10.1. The molecule has 0 bridgehead atoms. The number of aromatic nitrogens is 4. The Hall–Kier alpha value is -3.34. The highest BCUT2D eigenvalue weighted by atomic mass is 32.2. The maximum atomic E-state index is 12.9. The van der Waals surface area contributed by atoms with Gasteiger partial charge in [0.1, 0.15) is 11.4 Å². The summed E-state index contributed by atoms with van der Waals surface area (Å²) in [4.78, 5) is 9.64. The van der Waals surface area contributed by atoms with E-state index in [4.69, 9.17) is 10.2 Å². The minimum atomic E-state index is -1.06. The normalized spacial score (nSPS) is 13.9. The maximum Gasteiger partial charge on any atom is 0.270 e. The zero-order valence-electron chi connectivity index (χ0n) is 20.4. The molecule has 3 N–H and O–H groups in total. The zero-order valence-corrected chi connectivity index (χ0v) is 21.3. The van der Waals surface area contributed by atoms with Crippen LogP contribution in [0.25, 0.3) is 34.3 Å². The molecule has 0 amide bonds. The van der Waals surface area contributed by atoms with Crippen molar-refractivity contribution in [3.05, 3.63) is 60.3 Å². The third-order valence-corrected chi connectivity index (χ3v) is 7.51. The Kier molecular flexibility index (Phi) is 8.29. The Bertz CT molecular complexity index is 1280. The number of nitrogen functional groups attached to an aromatic ring is 1. The number of nitrogens with zero attached hydrogens (tertiary/aromatic N) is 4. The van der Waals surface area contributed by atoms with E-state index < -0.39 is 17.3 Å². The molecule has 0 radical (unpaired) electrons. The van der Waals surface area contributed by atoms with Gasteiger partial charge in [-0.15, -0.1) is 10.2 Å². The highest BCUT2D eigenvalue weighted by molar-refractivity contribution is 7.92. The lowest BCUT2D eigenvalue weighted by Crippen LogP contribution is -2.21. The van der Waals surface area contributed by atoms with E-state index in [-0.39, 0.29) is 17.0 Å². The second-order valence-corrected chi connectivity index (χ2v) is 10.4. The van der Waals surface area contributed by atoms with Crippen LogP contribution in [-0.4, -0.2) is 42.7 Å². The SMILES string of the molecule is CCC(C)[S+]([O-])c1ccc(-c2cnc(N)c(-c3nnc(-c4ccc(CNCC(C)F)cc4)o3)n2)cc1. The van der Waals surface area contributed by atoms with Crippen LogP contribution in [0.15, 0.2) is 64.0 Å². The second-order valence-electron chi connectivity index (χ2n) is 8.55. The van der Waals surface area contributed by atoms with Gasteiger partial charge in [0, 0.05) is 24.2 Å². The predicted octanol–water partition coefficient (Wildman–Crippen LogP) is 4.80. The molecule has 3 atom stereocenters. The van der Waals surface area contributed by atoms with Crippen molar-refractivity contribution in [2.45, 2.75) is 50.1 Å². The fourth-order valence-electron chi connectivity index (χ4n) is 3.45. The molecule has 0 aliphatic rings. The third kappa shape index (κ3) is 6.07. The molecule has 0 spiro atoms. The molecule has 10 heteroatoms. The summed E-state index contributed by atoms with van der Waals surface area (Å²) in [5.41, 5.74) is 9.51. The summed E-state index contributed by atoms with van der Waals surface area (Å²) in [6, 6.07) is 15.0. The van der Waals surface area contributed by atoms with Gasteiger partial charge in [-0.2, -0.15) is 0 Å². The number of alkyl halides is 1. The molecule has 0 fully saturated rings. The van der Waals surface area contributed by atoms with Crippen LogP contribution in [0.4, 0.5) is 10.2 Å². The Morgan fingerprint density at radius 1 is 1.03 bits per heavy atom. The molecule has 0 aliphatic heterocycles. The number of halogens is 1. The average molecular weight is 509 g/mol. The van der Waals surface area contributed by atoms with Gasteiger partial charge in [0.15, 0.2) is 16.4 Å². The van der Waals surface area contributed by atoms with Crippen LogP contribution in [0.5, 0.6) is 0 Å². The second kappa shape index (κ2) is 11.6. The van der Waals surface area contributed by atoms with Gasteiger partial charge < -0.3 is 20.0 Å². The first-order chi connectivity index (χ1) is 17.4. The predicted molar refractivity (Wildman–Crippen MR) is 139 cm³/mol. The molecule has 0 saturated carbocycles. The van der Waals surface area contributed by atoms with E-state index in [0.29, 0.717) is 30.4 Å². The number of hydrogen-bond acceptors (Lipinski definition) is 8. The Morgan fingerprint density at radius 2 is 1.69 bits per heavy atom. The molecule has 3 unspecified atom stereocenters. The monoisotopic (exact) mass is 508 g/mol. The first-order valence-electron chi connectivity index (χ1n) is 11.8. The molecule has 188 valence electrons. The van der Waals surface area contributed by atoms with Crippen LogP contribution in [-0.2, 0) is 17.7 Å². The lowest BCUT2D eigenvalue weighted by molar-refractivity contribution is 0.344. The largest absolute Gasteiger partial charge is 0.611 e. The van der Waals surface area contributed by atoms with Crippen molar-refractivity contribution in [2.75, 3.05) is 12.3 Å². The Balaban J connectivity index is 1.52. The average Bonchev–Trinajstić information content (AvgIpc) is 3.38. The highest BCUT2D eigenvalue weighted by Gasteiger charge is 2.20. The molecule has 36 heavy (non-hydrogen) atoms. The number of nitrogens with one attached hydrogen (secondary N) is 1. The van der Waals surface area contributed by atoms with Gasteiger partial charge in [-0.25, -0.2) is 14.4 Å². The molecule has 8 nitrogen and oxygen atoms in total. The summed E-state index contributed by atoms with van der Waals surface area (Å²) in [7, 11) is 0. The van der Waals surface area contributed by atoms with Crippen molar-refractivity contribution in [3.8, 4) is 34.3 Å². The van der Waals surface area contributed by atoms with E-state index in [9.17, 15) is 8.94 Å². The summed E-state index contributed by atoms with van der Waals surface area (Å²) >= 11 is -1.06. The van der Waals surface area contributed by atoms with Crippen molar-refractivity contribution in [1.29, 1.82) is 0 Å². The summed E-state index contributed by atoms with van der Waals surface area (Å²) in [6.45, 7) is 6.38. The van der Waals surface area contributed by atoms with E-state index in [1.807, 2.05) is 62.4 Å². The number of rotatable bonds is 10. The van der Waals surface area contributed by atoms with E-state index in [1.54, 1.807) is 6.20 Å². The van der Waals surface area contributed by atoms with Gasteiger partial charge in [-0.3, -0.25) is 0 Å². The molecular formula is C26H29FN6O2S. The molecule has 0 saturated heterocycles. The standard InChI is InChI=1S/C26H29FN6O2S/c1-4-17(3)36(34)21-11-9-19(10-12-21)22-15-30-24(28)23(31-22)26-33-32-25(35-26)20-7-5-18(6-8-20)14-29-13-16(2)27/h5-12,15-17,29H,4,13-14H2,1-3H3,(H2,28,30). The van der Waals surface area contributed by atoms with Crippen LogP contribution < -0.4 is 11.1 Å². The molecule has 4 rings (SSSR count). The first kappa shape index (κ1) is 25.7. The molecule has 2 aromatic carbocycles. The van der Waals surface area contributed by atoms with Gasteiger partial charge in [-0.1, -0.05) is 19.1 Å². The van der Waals surface area contributed by atoms with Crippen LogP contribution in [0.2, 0.25) is 0 Å². The fourth-order valence-corrected chi connectivity index (χ4v) is 4.63. The lowest BCUT2D eigenvalue weighted by Gasteiger charge is -2.16.